The van der Waals surface area contributed by atoms with E-state index in [0.29, 0.717) is 12.0 Å². The number of nitrogens with zero attached hydrogens (tertiary/aromatic N) is 2. The van der Waals surface area contributed by atoms with E-state index in [1.54, 1.807) is 11.9 Å². The molecule has 0 N–H and O–H groups in total. The van der Waals surface area contributed by atoms with Crippen LogP contribution in [-0.2, 0) is 0 Å². The summed E-state index contributed by atoms with van der Waals surface area (Å²) in [5, 5.41) is 0. The topological polar surface area (TPSA) is 24.8 Å². The van der Waals surface area contributed by atoms with Crippen molar-refractivity contribution in [1.29, 1.82) is 0 Å². The third kappa shape index (κ3) is 3.74. The predicted molar refractivity (Wildman–Crippen MR) is 102 cm³/mol. The van der Waals surface area contributed by atoms with Crippen LogP contribution in [0.5, 0.6) is 5.75 Å². The Balaban J connectivity index is 1.44. The molecule has 0 aromatic heterocycles. The van der Waals surface area contributed by atoms with Crippen molar-refractivity contribution in [1.82, 2.24) is 4.90 Å². The van der Waals surface area contributed by atoms with Crippen LogP contribution in [0.1, 0.15) is 62.8 Å². The molecule has 24 heavy (non-hydrogen) atoms. The van der Waals surface area contributed by atoms with Gasteiger partial charge in [0.15, 0.2) is 0 Å². The molecule has 1 aliphatic carbocycles. The SMILES string of the molecule is c1cc(C2CCCN3CCSN=C23)ccc1OC1CCCCCC1. The van der Waals surface area contributed by atoms with Gasteiger partial charge < -0.3 is 9.64 Å². The zero-order valence-electron chi connectivity index (χ0n) is 14.5. The lowest BCUT2D eigenvalue weighted by molar-refractivity contribution is 0.183. The van der Waals surface area contributed by atoms with E-state index < -0.39 is 0 Å². The number of piperidine rings is 1. The van der Waals surface area contributed by atoms with Crippen molar-refractivity contribution in [3.05, 3.63) is 29.8 Å². The third-order valence-corrected chi connectivity index (χ3v) is 6.24. The van der Waals surface area contributed by atoms with E-state index in [0.717, 1.165) is 18.0 Å². The molecule has 0 amide bonds. The van der Waals surface area contributed by atoms with Gasteiger partial charge in [0.2, 0.25) is 0 Å². The Morgan fingerprint density at radius 2 is 1.71 bits per heavy atom. The minimum atomic E-state index is 0.419. The van der Waals surface area contributed by atoms with Gasteiger partial charge in [-0.3, -0.25) is 0 Å². The van der Waals surface area contributed by atoms with Crippen LogP contribution in [0.15, 0.2) is 28.7 Å². The summed E-state index contributed by atoms with van der Waals surface area (Å²) in [4.78, 5) is 2.49. The van der Waals surface area contributed by atoms with Crippen LogP contribution >= 0.6 is 11.9 Å². The average molecular weight is 345 g/mol. The first kappa shape index (κ1) is 16.3. The average Bonchev–Trinajstić information content (AvgIpc) is 2.91. The number of benzene rings is 1. The number of hydrogen-bond donors (Lipinski definition) is 0. The number of rotatable bonds is 3. The minimum Gasteiger partial charge on any atom is -0.490 e. The summed E-state index contributed by atoms with van der Waals surface area (Å²) >= 11 is 1.73. The Morgan fingerprint density at radius 1 is 0.917 bits per heavy atom. The summed E-state index contributed by atoms with van der Waals surface area (Å²) in [7, 11) is 0. The van der Waals surface area contributed by atoms with Crippen molar-refractivity contribution < 1.29 is 4.74 Å². The first-order chi connectivity index (χ1) is 11.9. The van der Waals surface area contributed by atoms with E-state index >= 15 is 0 Å². The summed E-state index contributed by atoms with van der Waals surface area (Å²) in [6.45, 7) is 2.33. The molecule has 2 fully saturated rings. The zero-order chi connectivity index (χ0) is 16.2. The van der Waals surface area contributed by atoms with Crippen LogP contribution in [0.3, 0.4) is 0 Å². The van der Waals surface area contributed by atoms with Gasteiger partial charge in [0.1, 0.15) is 11.6 Å². The van der Waals surface area contributed by atoms with Crippen molar-refractivity contribution >= 4 is 17.8 Å². The molecular weight excluding hydrogens is 316 g/mol. The van der Waals surface area contributed by atoms with Crippen molar-refractivity contribution in [3.63, 3.8) is 0 Å². The van der Waals surface area contributed by atoms with E-state index in [9.17, 15) is 0 Å². The number of ether oxygens (including phenoxy) is 1. The third-order valence-electron chi connectivity index (χ3n) is 5.55. The Bertz CT molecular complexity index is 564. The molecule has 1 saturated carbocycles. The Kier molecular flexibility index (Phi) is 5.31. The molecule has 1 saturated heterocycles. The maximum absolute atomic E-state index is 6.24. The fourth-order valence-electron chi connectivity index (χ4n) is 4.21. The first-order valence-electron chi connectivity index (χ1n) is 9.61. The molecule has 130 valence electrons. The van der Waals surface area contributed by atoms with Gasteiger partial charge in [0.25, 0.3) is 0 Å². The normalized spacial score (nSPS) is 25.6. The summed E-state index contributed by atoms with van der Waals surface area (Å²) in [5.41, 5.74) is 1.40. The molecule has 1 atom stereocenters. The van der Waals surface area contributed by atoms with Crippen LogP contribution in [0.25, 0.3) is 0 Å². The summed E-state index contributed by atoms with van der Waals surface area (Å²) in [6.07, 6.45) is 10.7. The summed E-state index contributed by atoms with van der Waals surface area (Å²) < 4.78 is 11.0. The number of hydrogen-bond acceptors (Lipinski definition) is 4. The molecule has 0 bridgehead atoms. The Morgan fingerprint density at radius 3 is 2.50 bits per heavy atom. The van der Waals surface area contributed by atoms with E-state index in [4.69, 9.17) is 9.13 Å². The van der Waals surface area contributed by atoms with Crippen molar-refractivity contribution in [2.45, 2.75) is 63.4 Å². The molecule has 2 aliphatic heterocycles. The predicted octanol–water partition coefficient (Wildman–Crippen LogP) is 5.03. The van der Waals surface area contributed by atoms with Crippen molar-refractivity contribution in [2.75, 3.05) is 18.8 Å². The molecule has 3 aliphatic rings. The highest BCUT2D eigenvalue weighted by Gasteiger charge is 2.29. The monoisotopic (exact) mass is 344 g/mol. The van der Waals surface area contributed by atoms with Gasteiger partial charge in [-0.1, -0.05) is 25.0 Å². The highest BCUT2D eigenvalue weighted by atomic mass is 32.2. The van der Waals surface area contributed by atoms with Crippen LogP contribution in [0.4, 0.5) is 0 Å². The van der Waals surface area contributed by atoms with Gasteiger partial charge in [-0.2, -0.15) is 0 Å². The van der Waals surface area contributed by atoms with Gasteiger partial charge in [-0.05, 0) is 68.2 Å². The molecule has 4 rings (SSSR count). The van der Waals surface area contributed by atoms with E-state index in [1.165, 1.54) is 69.3 Å². The van der Waals surface area contributed by atoms with Gasteiger partial charge in [0, 0.05) is 24.8 Å². The number of amidine groups is 1. The lowest BCUT2D eigenvalue weighted by atomic mass is 9.89. The fraction of sp³-hybridized carbons (Fsp3) is 0.650. The molecular formula is C20H28N2OS. The van der Waals surface area contributed by atoms with Gasteiger partial charge in [0.05, 0.1) is 6.10 Å². The second-order valence-corrected chi connectivity index (χ2v) is 8.11. The maximum atomic E-state index is 6.24. The lowest BCUT2D eigenvalue weighted by Crippen LogP contribution is -2.42. The molecule has 2 heterocycles. The summed E-state index contributed by atoms with van der Waals surface area (Å²) in [5.74, 6) is 3.94. The Hall–Kier alpha value is -1.16. The van der Waals surface area contributed by atoms with Crippen LogP contribution < -0.4 is 4.74 Å². The highest BCUT2D eigenvalue weighted by molar-refractivity contribution is 7.98. The largest absolute Gasteiger partial charge is 0.490 e. The van der Waals surface area contributed by atoms with Crippen molar-refractivity contribution in [3.8, 4) is 5.75 Å². The molecule has 0 radical (unpaired) electrons. The molecule has 1 aromatic rings. The van der Waals surface area contributed by atoms with Gasteiger partial charge in [-0.25, -0.2) is 4.40 Å². The molecule has 0 spiro atoms. The second-order valence-electron chi connectivity index (χ2n) is 7.27. The van der Waals surface area contributed by atoms with Crippen molar-refractivity contribution in [2.24, 2.45) is 4.40 Å². The summed E-state index contributed by atoms with van der Waals surface area (Å²) in [6, 6.07) is 8.88. The van der Waals surface area contributed by atoms with Crippen LogP contribution in [0.2, 0.25) is 0 Å². The van der Waals surface area contributed by atoms with E-state index in [1.807, 2.05) is 0 Å². The van der Waals surface area contributed by atoms with E-state index in [-0.39, 0.29) is 0 Å². The van der Waals surface area contributed by atoms with E-state index in [2.05, 4.69) is 29.2 Å². The van der Waals surface area contributed by atoms with Gasteiger partial charge in [-0.15, -0.1) is 0 Å². The highest BCUT2D eigenvalue weighted by Crippen LogP contribution is 2.33. The second kappa shape index (κ2) is 7.81. The Labute approximate surface area is 150 Å². The molecule has 4 heteroatoms. The quantitative estimate of drug-likeness (QED) is 0.568. The minimum absolute atomic E-state index is 0.419. The van der Waals surface area contributed by atoms with Crippen LogP contribution in [-0.4, -0.2) is 35.7 Å². The fourth-order valence-corrected chi connectivity index (χ4v) is 4.98. The molecule has 3 nitrogen and oxygen atoms in total. The molecule has 1 aromatic carbocycles. The standard InChI is InChI=1S/C20H28N2OS/c1-2-4-7-17(6-3-1)23-18-11-9-16(10-12-18)19-8-5-13-22-14-15-24-21-20(19)22/h9-12,17,19H,1-8,13-15H2. The van der Waals surface area contributed by atoms with Crippen LogP contribution in [0, 0.1) is 0 Å². The first-order valence-corrected chi connectivity index (χ1v) is 10.6. The number of fused-ring (bicyclic) bond motifs is 1. The zero-order valence-corrected chi connectivity index (χ0v) is 15.3. The maximum Gasteiger partial charge on any atom is 0.120 e. The van der Waals surface area contributed by atoms with Gasteiger partial charge >= 0.3 is 0 Å². The molecule has 1 unspecified atom stereocenters. The lowest BCUT2D eigenvalue weighted by Gasteiger charge is -2.37. The smallest absolute Gasteiger partial charge is 0.120 e.